The topological polar surface area (TPSA) is 46.4 Å². The second kappa shape index (κ2) is 6.20. The molecule has 0 bridgehead atoms. The highest BCUT2D eigenvalue weighted by molar-refractivity contribution is 6.04. The highest BCUT2D eigenvalue weighted by Crippen LogP contribution is 2.19. The molecule has 1 amide bonds. The molecule has 4 aromatic rings. The number of carbonyl (C=O) groups excluding carboxylic acids is 1. The molecule has 0 fully saturated rings. The first-order valence-corrected chi connectivity index (χ1v) is 7.80. The number of rotatable bonds is 3. The number of anilines is 1. The Hall–Kier alpha value is -3.47. The van der Waals surface area contributed by atoms with Crippen LogP contribution in [0.3, 0.4) is 0 Å². The Morgan fingerprint density at radius 2 is 1.76 bits per heavy atom. The van der Waals surface area contributed by atoms with Gasteiger partial charge >= 0.3 is 0 Å². The van der Waals surface area contributed by atoms with E-state index in [1.54, 1.807) is 18.3 Å². The molecule has 0 saturated heterocycles. The Morgan fingerprint density at radius 1 is 1.00 bits per heavy atom. The molecular weight excluding hydrogens is 317 g/mol. The molecule has 0 aliphatic rings. The van der Waals surface area contributed by atoms with E-state index in [0.29, 0.717) is 16.9 Å². The van der Waals surface area contributed by atoms with Crippen molar-refractivity contribution < 1.29 is 9.18 Å². The first-order chi connectivity index (χ1) is 12.2. The lowest BCUT2D eigenvalue weighted by atomic mass is 10.2. The molecule has 4 nitrogen and oxygen atoms in total. The van der Waals surface area contributed by atoms with Gasteiger partial charge in [0.15, 0.2) is 0 Å². The molecule has 0 unspecified atom stereocenters. The van der Waals surface area contributed by atoms with Crippen LogP contribution in [0.15, 0.2) is 79.1 Å². The molecule has 4 rings (SSSR count). The fourth-order valence-electron chi connectivity index (χ4n) is 2.61. The lowest BCUT2D eigenvalue weighted by molar-refractivity contribution is 0.102. The number of halogens is 1. The van der Waals surface area contributed by atoms with Crippen LogP contribution in [-0.4, -0.2) is 15.3 Å². The van der Waals surface area contributed by atoms with Crippen LogP contribution in [0.4, 0.5) is 10.1 Å². The van der Waals surface area contributed by atoms with E-state index in [1.165, 1.54) is 24.3 Å². The summed E-state index contributed by atoms with van der Waals surface area (Å²) in [5, 5.41) is 2.75. The van der Waals surface area contributed by atoms with Crippen molar-refractivity contribution in [1.29, 1.82) is 0 Å². The maximum absolute atomic E-state index is 12.9. The first kappa shape index (κ1) is 15.1. The van der Waals surface area contributed by atoms with Crippen LogP contribution in [-0.2, 0) is 0 Å². The number of nitrogens with zero attached hydrogens (tertiary/aromatic N) is 2. The van der Waals surface area contributed by atoms with Crippen LogP contribution in [0.25, 0.3) is 16.9 Å². The van der Waals surface area contributed by atoms with E-state index >= 15 is 0 Å². The third-order valence-corrected chi connectivity index (χ3v) is 3.89. The van der Waals surface area contributed by atoms with E-state index in [-0.39, 0.29) is 11.7 Å². The van der Waals surface area contributed by atoms with Gasteiger partial charge in [0, 0.05) is 29.2 Å². The molecule has 2 heterocycles. The van der Waals surface area contributed by atoms with Crippen molar-refractivity contribution in [2.75, 3.05) is 5.32 Å². The van der Waals surface area contributed by atoms with Crippen LogP contribution < -0.4 is 5.32 Å². The maximum atomic E-state index is 12.9. The second-order valence-electron chi connectivity index (χ2n) is 5.63. The average molecular weight is 331 g/mol. The van der Waals surface area contributed by atoms with E-state index in [2.05, 4.69) is 10.3 Å². The molecule has 0 spiro atoms. The van der Waals surface area contributed by atoms with E-state index < -0.39 is 0 Å². The number of benzene rings is 2. The van der Waals surface area contributed by atoms with Gasteiger partial charge in [0.1, 0.15) is 11.5 Å². The minimum absolute atomic E-state index is 0.265. The van der Waals surface area contributed by atoms with Crippen LogP contribution in [0.1, 0.15) is 10.4 Å². The van der Waals surface area contributed by atoms with Gasteiger partial charge in [0.2, 0.25) is 0 Å². The van der Waals surface area contributed by atoms with Gasteiger partial charge in [-0.25, -0.2) is 9.37 Å². The van der Waals surface area contributed by atoms with Gasteiger partial charge < -0.3 is 9.72 Å². The summed E-state index contributed by atoms with van der Waals surface area (Å²) in [6, 6.07) is 19.0. The van der Waals surface area contributed by atoms with Crippen molar-refractivity contribution in [3.05, 3.63) is 90.5 Å². The average Bonchev–Trinajstić information content (AvgIpc) is 3.07. The highest BCUT2D eigenvalue weighted by Gasteiger charge is 2.10. The first-order valence-electron chi connectivity index (χ1n) is 7.80. The summed E-state index contributed by atoms with van der Waals surface area (Å²) >= 11 is 0. The van der Waals surface area contributed by atoms with Crippen LogP contribution in [0.5, 0.6) is 0 Å². The van der Waals surface area contributed by atoms with Crippen molar-refractivity contribution in [3.63, 3.8) is 0 Å². The number of nitrogens with one attached hydrogen (secondary N) is 1. The van der Waals surface area contributed by atoms with E-state index in [9.17, 15) is 9.18 Å². The molecule has 0 saturated carbocycles. The van der Waals surface area contributed by atoms with Gasteiger partial charge in [-0.05, 0) is 36.4 Å². The van der Waals surface area contributed by atoms with Crippen molar-refractivity contribution in [1.82, 2.24) is 9.38 Å². The summed E-state index contributed by atoms with van der Waals surface area (Å²) < 4.78 is 14.8. The fraction of sp³-hybridized carbons (Fsp3) is 0. The van der Waals surface area contributed by atoms with E-state index in [0.717, 1.165) is 11.3 Å². The third kappa shape index (κ3) is 3.12. The molecule has 0 aliphatic carbocycles. The minimum Gasteiger partial charge on any atom is -0.322 e. The molecule has 122 valence electrons. The number of imidazole rings is 1. The SMILES string of the molecule is O=C(Nc1ccc(F)cc1)c1ccn2cc(-c3ccccc3)nc2c1. The summed E-state index contributed by atoms with van der Waals surface area (Å²) in [6.07, 6.45) is 3.72. The fourth-order valence-corrected chi connectivity index (χ4v) is 2.61. The molecule has 0 atom stereocenters. The lowest BCUT2D eigenvalue weighted by Gasteiger charge is -2.05. The van der Waals surface area contributed by atoms with Gasteiger partial charge in [-0.2, -0.15) is 0 Å². The normalized spacial score (nSPS) is 10.8. The number of pyridine rings is 1. The van der Waals surface area contributed by atoms with Crippen LogP contribution >= 0.6 is 0 Å². The molecule has 0 radical (unpaired) electrons. The zero-order valence-corrected chi connectivity index (χ0v) is 13.2. The maximum Gasteiger partial charge on any atom is 0.255 e. The van der Waals surface area contributed by atoms with Crippen LogP contribution in [0.2, 0.25) is 0 Å². The predicted octanol–water partition coefficient (Wildman–Crippen LogP) is 4.39. The highest BCUT2D eigenvalue weighted by atomic mass is 19.1. The lowest BCUT2D eigenvalue weighted by Crippen LogP contribution is -2.12. The summed E-state index contributed by atoms with van der Waals surface area (Å²) in [5.41, 5.74) is 3.58. The Morgan fingerprint density at radius 3 is 2.52 bits per heavy atom. The van der Waals surface area contributed by atoms with Crippen LogP contribution in [0, 0.1) is 5.82 Å². The third-order valence-electron chi connectivity index (χ3n) is 3.89. The molecular formula is C20H14FN3O. The molecule has 1 N–H and O–H groups in total. The summed E-state index contributed by atoms with van der Waals surface area (Å²) in [4.78, 5) is 17.0. The van der Waals surface area contributed by atoms with Gasteiger partial charge in [0.05, 0.1) is 5.69 Å². The van der Waals surface area contributed by atoms with Crippen molar-refractivity contribution in [2.24, 2.45) is 0 Å². The molecule has 2 aromatic carbocycles. The smallest absolute Gasteiger partial charge is 0.255 e. The molecule has 5 heteroatoms. The number of hydrogen-bond donors (Lipinski definition) is 1. The van der Waals surface area contributed by atoms with Crippen molar-refractivity contribution in [3.8, 4) is 11.3 Å². The summed E-state index contributed by atoms with van der Waals surface area (Å²) in [6.45, 7) is 0. The quantitative estimate of drug-likeness (QED) is 0.605. The van der Waals surface area contributed by atoms with Gasteiger partial charge in [-0.3, -0.25) is 4.79 Å². The number of fused-ring (bicyclic) bond motifs is 1. The molecule has 2 aromatic heterocycles. The second-order valence-corrected chi connectivity index (χ2v) is 5.63. The Bertz CT molecular complexity index is 1040. The molecule has 0 aliphatic heterocycles. The number of carbonyl (C=O) groups is 1. The number of amides is 1. The van der Waals surface area contributed by atoms with Crippen molar-refractivity contribution >= 4 is 17.2 Å². The summed E-state index contributed by atoms with van der Waals surface area (Å²) in [5.74, 6) is -0.608. The van der Waals surface area contributed by atoms with Gasteiger partial charge in [0.25, 0.3) is 5.91 Å². The Labute approximate surface area is 143 Å². The van der Waals surface area contributed by atoms with Gasteiger partial charge in [-0.15, -0.1) is 0 Å². The predicted molar refractivity (Wildman–Crippen MR) is 95.0 cm³/mol. The number of aromatic nitrogens is 2. The largest absolute Gasteiger partial charge is 0.322 e. The zero-order chi connectivity index (χ0) is 17.2. The minimum atomic E-state index is -0.342. The van der Waals surface area contributed by atoms with E-state index in [4.69, 9.17) is 0 Å². The standard InChI is InChI=1S/C20H14FN3O/c21-16-6-8-17(9-7-16)22-20(25)15-10-11-24-13-18(23-19(24)12-15)14-4-2-1-3-5-14/h1-13H,(H,22,25). The Balaban J connectivity index is 1.62. The summed E-state index contributed by atoms with van der Waals surface area (Å²) in [7, 11) is 0. The number of hydrogen-bond acceptors (Lipinski definition) is 2. The van der Waals surface area contributed by atoms with Crippen molar-refractivity contribution in [2.45, 2.75) is 0 Å². The monoisotopic (exact) mass is 331 g/mol. The van der Waals surface area contributed by atoms with Gasteiger partial charge in [-0.1, -0.05) is 30.3 Å². The Kier molecular flexibility index (Phi) is 3.74. The van der Waals surface area contributed by atoms with E-state index in [1.807, 2.05) is 40.9 Å². The molecule has 25 heavy (non-hydrogen) atoms. The zero-order valence-electron chi connectivity index (χ0n) is 13.2.